The number of hydrogen-bond donors (Lipinski definition) is 1. The average Bonchev–Trinajstić information content (AvgIpc) is 2.77. The first-order valence-corrected chi connectivity index (χ1v) is 7.60. The number of aromatic nitrogens is 2. The van der Waals surface area contributed by atoms with Crippen LogP contribution in [0.25, 0.3) is 0 Å². The van der Waals surface area contributed by atoms with Crippen molar-refractivity contribution in [3.05, 3.63) is 46.8 Å². The molecule has 1 heterocycles. The number of ether oxygens (including phenoxy) is 1. The van der Waals surface area contributed by atoms with Gasteiger partial charge in [-0.15, -0.1) is 0 Å². The van der Waals surface area contributed by atoms with Crippen LogP contribution in [0.2, 0.25) is 0 Å². The fraction of sp³-hybridized carbons (Fsp3) is 0.471. The van der Waals surface area contributed by atoms with Crippen LogP contribution in [0.4, 0.5) is 0 Å². The number of aryl methyl sites for hydroxylation is 2. The SMILES string of the molecule is CCc1c(C)nn(CCCOc2cccc(CN)c2)c1C. The first kappa shape index (κ1) is 15.6. The molecule has 0 amide bonds. The van der Waals surface area contributed by atoms with Crippen molar-refractivity contribution in [2.45, 2.75) is 46.7 Å². The molecule has 4 nitrogen and oxygen atoms in total. The van der Waals surface area contributed by atoms with E-state index in [-0.39, 0.29) is 0 Å². The molecule has 0 fully saturated rings. The average molecular weight is 287 g/mol. The maximum absolute atomic E-state index is 5.78. The summed E-state index contributed by atoms with van der Waals surface area (Å²) in [5.74, 6) is 0.889. The highest BCUT2D eigenvalue weighted by molar-refractivity contribution is 5.28. The molecular weight excluding hydrogens is 262 g/mol. The second-order valence-electron chi connectivity index (χ2n) is 5.28. The molecule has 0 aliphatic carbocycles. The summed E-state index contributed by atoms with van der Waals surface area (Å²) in [7, 11) is 0. The Morgan fingerprint density at radius 1 is 1.29 bits per heavy atom. The normalized spacial score (nSPS) is 10.9. The molecule has 1 aromatic carbocycles. The van der Waals surface area contributed by atoms with Crippen molar-refractivity contribution in [3.63, 3.8) is 0 Å². The number of benzene rings is 1. The van der Waals surface area contributed by atoms with Crippen LogP contribution in [0.1, 0.15) is 35.9 Å². The molecule has 0 unspecified atom stereocenters. The summed E-state index contributed by atoms with van der Waals surface area (Å²) in [5.41, 5.74) is 10.5. The molecule has 0 bridgehead atoms. The molecule has 0 atom stereocenters. The van der Waals surface area contributed by atoms with E-state index in [2.05, 4.69) is 30.6 Å². The van der Waals surface area contributed by atoms with Gasteiger partial charge in [0.1, 0.15) is 5.75 Å². The highest BCUT2D eigenvalue weighted by Gasteiger charge is 2.09. The van der Waals surface area contributed by atoms with Crippen molar-refractivity contribution in [1.29, 1.82) is 0 Å². The molecule has 2 N–H and O–H groups in total. The molecule has 0 saturated heterocycles. The monoisotopic (exact) mass is 287 g/mol. The third-order valence-electron chi connectivity index (χ3n) is 3.80. The summed E-state index contributed by atoms with van der Waals surface area (Å²) < 4.78 is 7.87. The minimum absolute atomic E-state index is 0.544. The van der Waals surface area contributed by atoms with E-state index in [4.69, 9.17) is 10.5 Å². The lowest BCUT2D eigenvalue weighted by Gasteiger charge is -2.08. The Balaban J connectivity index is 1.84. The van der Waals surface area contributed by atoms with Crippen molar-refractivity contribution in [2.75, 3.05) is 6.61 Å². The molecular formula is C17H25N3O. The highest BCUT2D eigenvalue weighted by Crippen LogP contribution is 2.15. The maximum atomic E-state index is 5.78. The third kappa shape index (κ3) is 3.85. The number of nitrogens with two attached hydrogens (primary N) is 1. The third-order valence-corrected chi connectivity index (χ3v) is 3.80. The minimum atomic E-state index is 0.544. The molecule has 4 heteroatoms. The van der Waals surface area contributed by atoms with E-state index in [0.29, 0.717) is 13.2 Å². The van der Waals surface area contributed by atoms with Crippen LogP contribution in [0.5, 0.6) is 5.75 Å². The molecule has 0 aliphatic heterocycles. The van der Waals surface area contributed by atoms with E-state index in [1.165, 1.54) is 11.3 Å². The van der Waals surface area contributed by atoms with Crippen molar-refractivity contribution >= 4 is 0 Å². The predicted octanol–water partition coefficient (Wildman–Crippen LogP) is 2.99. The standard InChI is InChI=1S/C17H25N3O/c1-4-17-13(2)19-20(14(17)3)9-6-10-21-16-8-5-7-15(11-16)12-18/h5,7-8,11H,4,6,9-10,12,18H2,1-3H3. The van der Waals surface area contributed by atoms with Gasteiger partial charge in [-0.25, -0.2) is 0 Å². The predicted molar refractivity (Wildman–Crippen MR) is 85.5 cm³/mol. The van der Waals surface area contributed by atoms with Gasteiger partial charge in [-0.05, 0) is 43.5 Å². The van der Waals surface area contributed by atoms with Gasteiger partial charge in [0.2, 0.25) is 0 Å². The van der Waals surface area contributed by atoms with Crippen LogP contribution >= 0.6 is 0 Å². The van der Waals surface area contributed by atoms with Crippen LogP contribution in [-0.4, -0.2) is 16.4 Å². The van der Waals surface area contributed by atoms with Gasteiger partial charge in [0.25, 0.3) is 0 Å². The fourth-order valence-electron chi connectivity index (χ4n) is 2.63. The van der Waals surface area contributed by atoms with Crippen molar-refractivity contribution < 1.29 is 4.74 Å². The van der Waals surface area contributed by atoms with E-state index in [0.717, 1.165) is 36.4 Å². The summed E-state index contributed by atoms with van der Waals surface area (Å²) >= 11 is 0. The zero-order valence-electron chi connectivity index (χ0n) is 13.2. The Bertz CT molecular complexity index is 590. The number of hydrogen-bond acceptors (Lipinski definition) is 3. The second-order valence-corrected chi connectivity index (χ2v) is 5.28. The number of rotatable bonds is 7. The lowest BCUT2D eigenvalue weighted by molar-refractivity contribution is 0.297. The van der Waals surface area contributed by atoms with Crippen LogP contribution in [-0.2, 0) is 19.5 Å². The zero-order valence-corrected chi connectivity index (χ0v) is 13.2. The highest BCUT2D eigenvalue weighted by atomic mass is 16.5. The van der Waals surface area contributed by atoms with Gasteiger partial charge in [-0.3, -0.25) is 4.68 Å². The van der Waals surface area contributed by atoms with Gasteiger partial charge >= 0.3 is 0 Å². The van der Waals surface area contributed by atoms with Gasteiger partial charge in [-0.1, -0.05) is 19.1 Å². The molecule has 2 aromatic rings. The fourth-order valence-corrected chi connectivity index (χ4v) is 2.63. The zero-order chi connectivity index (χ0) is 15.2. The summed E-state index contributed by atoms with van der Waals surface area (Å²) in [6.45, 7) is 8.52. The molecule has 114 valence electrons. The van der Waals surface area contributed by atoms with Gasteiger partial charge < -0.3 is 10.5 Å². The molecule has 2 rings (SSSR count). The Hall–Kier alpha value is -1.81. The summed E-state index contributed by atoms with van der Waals surface area (Å²) in [6.07, 6.45) is 1.98. The van der Waals surface area contributed by atoms with E-state index >= 15 is 0 Å². The van der Waals surface area contributed by atoms with E-state index < -0.39 is 0 Å². The van der Waals surface area contributed by atoms with Crippen LogP contribution in [0.3, 0.4) is 0 Å². The van der Waals surface area contributed by atoms with Crippen LogP contribution in [0, 0.1) is 13.8 Å². The lowest BCUT2D eigenvalue weighted by Crippen LogP contribution is -2.08. The summed E-state index contributed by atoms with van der Waals surface area (Å²) in [4.78, 5) is 0. The lowest BCUT2D eigenvalue weighted by atomic mass is 10.1. The molecule has 0 radical (unpaired) electrons. The first-order valence-electron chi connectivity index (χ1n) is 7.60. The van der Waals surface area contributed by atoms with Crippen molar-refractivity contribution in [2.24, 2.45) is 5.73 Å². The molecule has 0 saturated carbocycles. The van der Waals surface area contributed by atoms with E-state index in [1.807, 2.05) is 24.3 Å². The summed E-state index contributed by atoms with van der Waals surface area (Å²) in [6, 6.07) is 7.96. The Morgan fingerprint density at radius 2 is 2.10 bits per heavy atom. The molecule has 21 heavy (non-hydrogen) atoms. The largest absolute Gasteiger partial charge is 0.494 e. The molecule has 0 spiro atoms. The van der Waals surface area contributed by atoms with Gasteiger partial charge in [0.15, 0.2) is 0 Å². The van der Waals surface area contributed by atoms with Gasteiger partial charge in [0, 0.05) is 25.2 Å². The minimum Gasteiger partial charge on any atom is -0.494 e. The van der Waals surface area contributed by atoms with E-state index in [1.54, 1.807) is 0 Å². The summed E-state index contributed by atoms with van der Waals surface area (Å²) in [5, 5.41) is 4.60. The van der Waals surface area contributed by atoms with Crippen LogP contribution < -0.4 is 10.5 Å². The maximum Gasteiger partial charge on any atom is 0.119 e. The Kier molecular flexibility index (Phi) is 5.39. The first-order chi connectivity index (χ1) is 10.2. The van der Waals surface area contributed by atoms with Gasteiger partial charge in [0.05, 0.1) is 12.3 Å². The second kappa shape index (κ2) is 7.27. The quantitative estimate of drug-likeness (QED) is 0.796. The topological polar surface area (TPSA) is 53.1 Å². The van der Waals surface area contributed by atoms with Crippen molar-refractivity contribution in [3.8, 4) is 5.75 Å². The van der Waals surface area contributed by atoms with E-state index in [9.17, 15) is 0 Å². The van der Waals surface area contributed by atoms with Crippen molar-refractivity contribution in [1.82, 2.24) is 9.78 Å². The number of nitrogens with zero attached hydrogens (tertiary/aromatic N) is 2. The Morgan fingerprint density at radius 3 is 2.76 bits per heavy atom. The smallest absolute Gasteiger partial charge is 0.119 e. The molecule has 0 aliphatic rings. The van der Waals surface area contributed by atoms with Gasteiger partial charge in [-0.2, -0.15) is 5.10 Å². The molecule has 1 aromatic heterocycles. The van der Waals surface area contributed by atoms with Crippen LogP contribution in [0.15, 0.2) is 24.3 Å². The Labute approximate surface area is 126 Å².